The van der Waals surface area contributed by atoms with E-state index in [0.717, 1.165) is 0 Å². The maximum Gasteiger partial charge on any atom is 0.417 e. The lowest BCUT2D eigenvalue weighted by Crippen LogP contribution is -2.54. The van der Waals surface area contributed by atoms with E-state index >= 15 is 0 Å². The summed E-state index contributed by atoms with van der Waals surface area (Å²) in [5.41, 5.74) is -1.99. The molecule has 1 amide bonds. The van der Waals surface area contributed by atoms with Gasteiger partial charge in [0.05, 0.1) is 0 Å². The van der Waals surface area contributed by atoms with Gasteiger partial charge in [0.25, 0.3) is 5.91 Å². The minimum absolute atomic E-state index is 0.183. The summed E-state index contributed by atoms with van der Waals surface area (Å²) < 4.78 is 51.4. The van der Waals surface area contributed by atoms with Crippen LogP contribution < -0.4 is 0 Å². The second-order valence-corrected chi connectivity index (χ2v) is 5.74. The van der Waals surface area contributed by atoms with Crippen LogP contribution in [0.1, 0.15) is 23.3 Å². The second kappa shape index (κ2) is 5.23. The van der Waals surface area contributed by atoms with Crippen LogP contribution >= 0.6 is 0 Å². The number of halogens is 4. The molecule has 0 aliphatic carbocycles. The molecule has 0 saturated carbocycles. The molecule has 3 rings (SSSR count). The lowest BCUT2D eigenvalue weighted by atomic mass is 9.90. The molecule has 2 aromatic rings. The Morgan fingerprint density at radius 3 is 2.48 bits per heavy atom. The van der Waals surface area contributed by atoms with Gasteiger partial charge in [0, 0.05) is 36.8 Å². The summed E-state index contributed by atoms with van der Waals surface area (Å²) in [6.45, 7) is -0.392. The van der Waals surface area contributed by atoms with Gasteiger partial charge >= 0.3 is 6.18 Å². The Bertz CT molecular complexity index is 746. The summed E-state index contributed by atoms with van der Waals surface area (Å²) in [5.74, 6) is -0.908. The Kier molecular flexibility index (Phi) is 3.59. The van der Waals surface area contributed by atoms with Crippen LogP contribution in [-0.4, -0.2) is 45.8 Å². The molecule has 1 aliphatic heterocycles. The van der Waals surface area contributed by atoms with E-state index in [0.29, 0.717) is 10.9 Å². The first-order chi connectivity index (χ1) is 10.7. The van der Waals surface area contributed by atoms with Crippen molar-refractivity contribution < 1.29 is 27.5 Å². The Morgan fingerprint density at radius 1 is 1.22 bits per heavy atom. The maximum absolute atomic E-state index is 13.2. The molecular formula is C15H14F4N2O2. The van der Waals surface area contributed by atoms with Gasteiger partial charge in [0.15, 0.2) is 5.60 Å². The number of fused-ring (bicyclic) bond motifs is 1. The van der Waals surface area contributed by atoms with E-state index in [-0.39, 0.29) is 18.8 Å². The number of likely N-dealkylation sites (tertiary alicyclic amines) is 1. The van der Waals surface area contributed by atoms with Crippen LogP contribution in [0.4, 0.5) is 17.6 Å². The Balaban J connectivity index is 1.76. The number of nitrogens with one attached hydrogen (secondary N) is 1. The van der Waals surface area contributed by atoms with Gasteiger partial charge in [0.2, 0.25) is 0 Å². The van der Waals surface area contributed by atoms with Gasteiger partial charge in [-0.1, -0.05) is 0 Å². The molecule has 0 atom stereocenters. The predicted octanol–water partition coefficient (Wildman–Crippen LogP) is 2.84. The number of hydrogen-bond donors (Lipinski definition) is 2. The van der Waals surface area contributed by atoms with E-state index in [1.165, 1.54) is 29.2 Å². The van der Waals surface area contributed by atoms with Crippen molar-refractivity contribution in [2.24, 2.45) is 0 Å². The third-order valence-corrected chi connectivity index (χ3v) is 4.22. The zero-order valence-corrected chi connectivity index (χ0v) is 12.0. The molecule has 0 unspecified atom stereocenters. The van der Waals surface area contributed by atoms with Crippen molar-refractivity contribution in [2.75, 3.05) is 13.1 Å². The van der Waals surface area contributed by atoms with E-state index in [4.69, 9.17) is 0 Å². The Morgan fingerprint density at radius 2 is 1.87 bits per heavy atom. The van der Waals surface area contributed by atoms with Crippen molar-refractivity contribution in [2.45, 2.75) is 24.6 Å². The van der Waals surface area contributed by atoms with Crippen LogP contribution in [0.15, 0.2) is 24.3 Å². The lowest BCUT2D eigenvalue weighted by Gasteiger charge is -2.38. The third kappa shape index (κ3) is 2.78. The fourth-order valence-electron chi connectivity index (χ4n) is 2.75. The number of H-pyrrole nitrogens is 1. The summed E-state index contributed by atoms with van der Waals surface area (Å²) in [6, 6.07) is 5.46. The molecule has 8 heteroatoms. The van der Waals surface area contributed by atoms with E-state index in [2.05, 4.69) is 4.98 Å². The highest BCUT2D eigenvalue weighted by Gasteiger charge is 2.54. The molecule has 4 nitrogen and oxygen atoms in total. The van der Waals surface area contributed by atoms with Crippen molar-refractivity contribution in [1.29, 1.82) is 0 Å². The Hall–Kier alpha value is -2.09. The number of nitrogens with zero attached hydrogens (tertiary/aromatic N) is 1. The molecule has 0 bridgehead atoms. The topological polar surface area (TPSA) is 56.3 Å². The minimum atomic E-state index is -4.71. The van der Waals surface area contributed by atoms with Crippen LogP contribution in [0.2, 0.25) is 0 Å². The number of aromatic amines is 1. The zero-order valence-electron chi connectivity index (χ0n) is 12.0. The summed E-state index contributed by atoms with van der Waals surface area (Å²) in [4.78, 5) is 16.4. The number of piperidine rings is 1. The first-order valence-electron chi connectivity index (χ1n) is 7.06. The fraction of sp³-hybridized carbons (Fsp3) is 0.400. The number of carbonyl (C=O) groups excluding carboxylic acids is 1. The smallest absolute Gasteiger partial charge is 0.380 e. The monoisotopic (exact) mass is 330 g/mol. The van der Waals surface area contributed by atoms with Gasteiger partial charge in [-0.2, -0.15) is 13.2 Å². The molecule has 2 N–H and O–H groups in total. The number of amides is 1. The maximum atomic E-state index is 13.2. The summed E-state index contributed by atoms with van der Waals surface area (Å²) in [7, 11) is 0. The van der Waals surface area contributed by atoms with Gasteiger partial charge < -0.3 is 15.0 Å². The fourth-order valence-corrected chi connectivity index (χ4v) is 2.75. The normalized spacial score (nSPS) is 18.4. The van der Waals surface area contributed by atoms with E-state index in [1.54, 1.807) is 0 Å². The lowest BCUT2D eigenvalue weighted by molar-refractivity contribution is -0.271. The highest BCUT2D eigenvalue weighted by atomic mass is 19.4. The first-order valence-corrected chi connectivity index (χ1v) is 7.06. The van der Waals surface area contributed by atoms with Crippen LogP contribution in [0.5, 0.6) is 0 Å². The van der Waals surface area contributed by atoms with Gasteiger partial charge in [-0.25, -0.2) is 4.39 Å². The molecule has 1 aromatic heterocycles. The van der Waals surface area contributed by atoms with Crippen molar-refractivity contribution in [3.8, 4) is 0 Å². The number of rotatable bonds is 1. The number of aliphatic hydroxyl groups is 1. The number of hydrogen-bond acceptors (Lipinski definition) is 2. The van der Waals surface area contributed by atoms with Crippen LogP contribution in [0.25, 0.3) is 10.9 Å². The SMILES string of the molecule is O=C(c1cc2cc(F)ccc2[nH]1)N1CCC(O)(C(F)(F)F)CC1. The quantitative estimate of drug-likeness (QED) is 0.790. The van der Waals surface area contributed by atoms with Gasteiger partial charge in [-0.15, -0.1) is 0 Å². The second-order valence-electron chi connectivity index (χ2n) is 5.74. The summed E-state index contributed by atoms with van der Waals surface area (Å²) in [6.07, 6.45) is -5.82. The molecule has 2 heterocycles. The van der Waals surface area contributed by atoms with Crippen LogP contribution in [0.3, 0.4) is 0 Å². The number of alkyl halides is 3. The predicted molar refractivity (Wildman–Crippen MR) is 74.4 cm³/mol. The number of aromatic nitrogens is 1. The number of benzene rings is 1. The standard InChI is InChI=1S/C15H14F4N2O2/c16-10-1-2-11-9(7-10)8-12(20-11)13(22)21-5-3-14(23,4-6-21)15(17,18)19/h1-2,7-8,20,23H,3-6H2. The number of carbonyl (C=O) groups is 1. The third-order valence-electron chi connectivity index (χ3n) is 4.22. The molecular weight excluding hydrogens is 316 g/mol. The average Bonchev–Trinajstić information content (AvgIpc) is 2.89. The first kappa shape index (κ1) is 15.8. The summed E-state index contributed by atoms with van der Waals surface area (Å²) >= 11 is 0. The van der Waals surface area contributed by atoms with Crippen molar-refractivity contribution >= 4 is 16.8 Å². The van der Waals surface area contributed by atoms with Gasteiger partial charge in [-0.3, -0.25) is 4.79 Å². The minimum Gasteiger partial charge on any atom is -0.380 e. The van der Waals surface area contributed by atoms with Gasteiger partial charge in [-0.05, 0) is 24.3 Å². The molecule has 0 spiro atoms. The molecule has 1 fully saturated rings. The Labute approximate surface area is 128 Å². The average molecular weight is 330 g/mol. The van der Waals surface area contributed by atoms with Crippen LogP contribution in [-0.2, 0) is 0 Å². The highest BCUT2D eigenvalue weighted by Crippen LogP contribution is 2.38. The molecule has 1 aromatic carbocycles. The van der Waals surface area contributed by atoms with Crippen molar-refractivity contribution in [1.82, 2.24) is 9.88 Å². The summed E-state index contributed by atoms with van der Waals surface area (Å²) in [5, 5.41) is 10.1. The largest absolute Gasteiger partial charge is 0.417 e. The molecule has 124 valence electrons. The zero-order chi connectivity index (χ0) is 16.8. The van der Waals surface area contributed by atoms with E-state index in [9.17, 15) is 27.5 Å². The van der Waals surface area contributed by atoms with E-state index in [1.807, 2.05) is 0 Å². The molecule has 1 saturated heterocycles. The molecule has 0 radical (unpaired) electrons. The van der Waals surface area contributed by atoms with E-state index < -0.39 is 36.3 Å². The highest BCUT2D eigenvalue weighted by molar-refractivity contribution is 5.98. The van der Waals surface area contributed by atoms with Crippen molar-refractivity contribution in [3.05, 3.63) is 35.8 Å². The molecule has 23 heavy (non-hydrogen) atoms. The van der Waals surface area contributed by atoms with Crippen LogP contribution in [0, 0.1) is 5.82 Å². The molecule has 1 aliphatic rings. The van der Waals surface area contributed by atoms with Gasteiger partial charge in [0.1, 0.15) is 11.5 Å². The van der Waals surface area contributed by atoms with Crippen molar-refractivity contribution in [3.63, 3.8) is 0 Å².